The molecule has 4 aromatic heterocycles. The number of allylic oxidation sites excluding steroid dienone is 1. The predicted molar refractivity (Wildman–Crippen MR) is 284 cm³/mol. The molecule has 15 nitrogen and oxygen atoms in total. The van der Waals surface area contributed by atoms with Gasteiger partial charge in [0.2, 0.25) is 16.5 Å². The number of thiazole rings is 2. The zero-order valence-corrected chi connectivity index (χ0v) is 42.6. The van der Waals surface area contributed by atoms with Crippen molar-refractivity contribution in [3.05, 3.63) is 199 Å². The zero-order chi connectivity index (χ0) is 52.8. The molecule has 76 heavy (non-hydrogen) atoms. The van der Waals surface area contributed by atoms with E-state index >= 15 is 19.2 Å². The fourth-order valence-corrected chi connectivity index (χ4v) is 13.0. The van der Waals surface area contributed by atoms with E-state index < -0.39 is 40.4 Å². The van der Waals surface area contributed by atoms with Crippen molar-refractivity contribution < 1.29 is 38.1 Å². The van der Waals surface area contributed by atoms with E-state index in [4.69, 9.17) is 28.9 Å². The lowest BCUT2D eigenvalue weighted by Crippen LogP contribution is -2.46. The molecule has 0 atom stereocenters. The van der Waals surface area contributed by atoms with Crippen LogP contribution in [0.3, 0.4) is 0 Å². The van der Waals surface area contributed by atoms with Crippen LogP contribution in [0, 0.1) is 45.3 Å². The van der Waals surface area contributed by atoms with Crippen LogP contribution in [0.1, 0.15) is 48.3 Å². The summed E-state index contributed by atoms with van der Waals surface area (Å²) in [5.41, 5.74) is -4.29. The maximum Gasteiger partial charge on any atom is 0.334 e. The molecule has 0 amide bonds. The molecular weight excluding hydrogens is 1040 g/mol. The minimum atomic E-state index is -2.67. The van der Waals surface area contributed by atoms with E-state index in [0.29, 0.717) is 36.9 Å². The van der Waals surface area contributed by atoms with Gasteiger partial charge in [0.05, 0.1) is 30.9 Å². The third-order valence-corrected chi connectivity index (χ3v) is 16.6. The van der Waals surface area contributed by atoms with E-state index in [2.05, 4.69) is 4.99 Å². The van der Waals surface area contributed by atoms with E-state index in [1.54, 1.807) is 158 Å². The molecule has 19 heteroatoms. The maximum atomic E-state index is 15.9. The van der Waals surface area contributed by atoms with Gasteiger partial charge < -0.3 is 18.9 Å². The smallest absolute Gasteiger partial charge is 0.334 e. The lowest BCUT2D eigenvalue weighted by molar-refractivity contribution is -0.165. The van der Waals surface area contributed by atoms with Gasteiger partial charge in [-0.25, -0.2) is 15.0 Å². The van der Waals surface area contributed by atoms with Gasteiger partial charge in [-0.1, -0.05) is 121 Å². The van der Waals surface area contributed by atoms with Crippen molar-refractivity contribution in [2.24, 2.45) is 4.99 Å². The fraction of sp³-hybridized carbons (Fsp3) is 0.105. The molecule has 8 aromatic rings. The molecule has 0 spiro atoms. The Hall–Kier alpha value is -9.47. The molecule has 4 aromatic carbocycles. The summed E-state index contributed by atoms with van der Waals surface area (Å²) in [5, 5.41) is 38.8. The molecule has 368 valence electrons. The van der Waals surface area contributed by atoms with E-state index in [9.17, 15) is 21.0 Å². The van der Waals surface area contributed by atoms with Crippen molar-refractivity contribution in [3.8, 4) is 44.0 Å². The van der Waals surface area contributed by atoms with Gasteiger partial charge in [0, 0.05) is 16.0 Å². The molecule has 0 bridgehead atoms. The molecule has 2 aliphatic rings. The van der Waals surface area contributed by atoms with Gasteiger partial charge in [0.1, 0.15) is 71.3 Å². The molecule has 0 unspecified atom stereocenters. The number of rotatable bonds is 16. The maximum absolute atomic E-state index is 15.9. The SMILES string of the molecule is N#CC(C#N)=Cc1ccc(-c2nc3c(s2)C2=C(c4sc(-c5ccc(N=C(C#N)C#N)s5)nc4C2(C(=O)OCc2ccccc2)C(=O)OCc2ccccc2)C3(C(=O)OCc2ccccc2)C(=O)OCc2ccccc2)s1. The van der Waals surface area contributed by atoms with Crippen LogP contribution in [-0.2, 0) is 75.4 Å². The largest absolute Gasteiger partial charge is 0.459 e. The van der Waals surface area contributed by atoms with Crippen molar-refractivity contribution in [3.63, 3.8) is 0 Å². The topological polar surface area (TPSA) is 238 Å². The average Bonchev–Trinajstić information content (AvgIpc) is 4.50. The third kappa shape index (κ3) is 9.17. The molecule has 4 heterocycles. The van der Waals surface area contributed by atoms with Crippen LogP contribution in [0.15, 0.2) is 156 Å². The first-order valence-corrected chi connectivity index (χ1v) is 26.1. The quantitative estimate of drug-likeness (QED) is 0.0288. The summed E-state index contributed by atoms with van der Waals surface area (Å²) < 4.78 is 24.9. The molecule has 0 saturated heterocycles. The number of benzene rings is 4. The Labute approximate surface area is 449 Å². The summed E-state index contributed by atoms with van der Waals surface area (Å²) in [7, 11) is 0. The second kappa shape index (κ2) is 21.5. The third-order valence-electron chi connectivity index (χ3n) is 12.1. The van der Waals surface area contributed by atoms with Crippen LogP contribution in [0.4, 0.5) is 5.00 Å². The Morgan fingerprint density at radius 1 is 0.474 bits per heavy atom. The summed E-state index contributed by atoms with van der Waals surface area (Å²) in [6.07, 6.45) is 1.41. The second-order valence-electron chi connectivity index (χ2n) is 16.7. The first-order valence-electron chi connectivity index (χ1n) is 22.9. The number of carbonyl (C=O) groups is 4. The van der Waals surface area contributed by atoms with Gasteiger partial charge in [0.25, 0.3) is 0 Å². The van der Waals surface area contributed by atoms with Crippen molar-refractivity contribution >= 4 is 97.2 Å². The molecule has 2 aliphatic carbocycles. The predicted octanol–water partition coefficient (Wildman–Crippen LogP) is 11.0. The molecule has 10 rings (SSSR count). The van der Waals surface area contributed by atoms with Crippen molar-refractivity contribution in [2.75, 3.05) is 0 Å². The minimum absolute atomic E-state index is 0.0515. The highest BCUT2D eigenvalue weighted by molar-refractivity contribution is 7.25. The number of hydrogen-bond acceptors (Lipinski definition) is 19. The lowest BCUT2D eigenvalue weighted by atomic mass is 9.79. The second-order valence-corrected chi connectivity index (χ2v) is 20.9. The molecule has 0 aliphatic heterocycles. The summed E-state index contributed by atoms with van der Waals surface area (Å²) in [5.74, 6) is -4.56. The number of thiophene rings is 2. The van der Waals surface area contributed by atoms with Gasteiger partial charge in [-0.05, 0) is 52.6 Å². The number of nitrogens with zero attached hydrogens (tertiary/aromatic N) is 7. The van der Waals surface area contributed by atoms with Crippen LogP contribution in [0.25, 0.3) is 37.0 Å². The van der Waals surface area contributed by atoms with Gasteiger partial charge in [0.15, 0.2) is 0 Å². The van der Waals surface area contributed by atoms with Crippen LogP contribution in [0.5, 0.6) is 0 Å². The average molecular weight is 1070 g/mol. The van der Waals surface area contributed by atoms with Crippen LogP contribution >= 0.6 is 45.3 Å². The van der Waals surface area contributed by atoms with E-state index in [0.717, 1.165) is 45.3 Å². The number of aromatic nitrogens is 2. The standard InChI is InChI=1S/C57H33N7O8S4/c58-26-38(27-59)25-40-21-22-41(73-40)50-63-48-46(75-50)44-45(56(48,52(65)69-30-34-13-5-1-6-14-34)53(66)70-31-35-15-7-2-8-16-35)47-49(64-51(76-47)42-23-24-43(74-42)62-39(28-60)29-61)57(44,54(67)71-32-36-17-9-3-10-18-36)55(68)72-33-37-19-11-4-12-20-37/h1-25H,30-33H2. The Morgan fingerprint density at radius 3 is 1.21 bits per heavy atom. The van der Waals surface area contributed by atoms with Gasteiger partial charge in [-0.3, -0.25) is 19.2 Å². The first kappa shape index (κ1) is 50.1. The number of hydrogen-bond donors (Lipinski definition) is 0. The summed E-state index contributed by atoms with van der Waals surface area (Å²) in [6.45, 7) is -1.28. The number of carbonyl (C=O) groups excluding carboxylic acids is 4. The molecular formula is C57H33N7O8S4. The van der Waals surface area contributed by atoms with E-state index in [1.165, 1.54) is 6.08 Å². The summed E-state index contributed by atoms with van der Waals surface area (Å²) in [6, 6.07) is 48.9. The Morgan fingerprint density at radius 2 is 0.842 bits per heavy atom. The van der Waals surface area contributed by atoms with Crippen molar-refractivity contribution in [2.45, 2.75) is 37.3 Å². The van der Waals surface area contributed by atoms with Crippen molar-refractivity contribution in [1.29, 1.82) is 21.0 Å². The normalized spacial score (nSPS) is 13.0. The Kier molecular flexibility index (Phi) is 14.2. The monoisotopic (exact) mass is 1070 g/mol. The minimum Gasteiger partial charge on any atom is -0.459 e. The first-order chi connectivity index (χ1) is 37.1. The fourth-order valence-electron chi connectivity index (χ4n) is 8.63. The van der Waals surface area contributed by atoms with Crippen LogP contribution in [-0.4, -0.2) is 39.6 Å². The van der Waals surface area contributed by atoms with E-state index in [-0.39, 0.29) is 79.3 Å². The van der Waals surface area contributed by atoms with Gasteiger partial charge in [-0.2, -0.15) is 21.0 Å². The van der Waals surface area contributed by atoms with Crippen molar-refractivity contribution in [1.82, 2.24) is 9.97 Å². The molecule has 0 fully saturated rings. The van der Waals surface area contributed by atoms with Gasteiger partial charge in [-0.15, -0.1) is 45.3 Å². The highest BCUT2D eigenvalue weighted by Crippen LogP contribution is 2.67. The highest BCUT2D eigenvalue weighted by atomic mass is 32.1. The number of ether oxygens (including phenoxy) is 4. The van der Waals surface area contributed by atoms with Crippen LogP contribution < -0.4 is 0 Å². The lowest BCUT2D eigenvalue weighted by Gasteiger charge is -2.27. The van der Waals surface area contributed by atoms with Crippen LogP contribution in [0.2, 0.25) is 0 Å². The molecule has 0 saturated carbocycles. The summed E-state index contributed by atoms with van der Waals surface area (Å²) in [4.78, 5) is 79.4. The number of fused-ring (bicyclic) bond motifs is 4. The number of esters is 4. The molecule has 0 radical (unpaired) electrons. The summed E-state index contributed by atoms with van der Waals surface area (Å²) >= 11 is 4.17. The molecule has 0 N–H and O–H groups in total. The Bertz CT molecular complexity index is 3470. The van der Waals surface area contributed by atoms with Gasteiger partial charge >= 0.3 is 23.9 Å². The zero-order valence-electron chi connectivity index (χ0n) is 39.3. The van der Waals surface area contributed by atoms with E-state index in [1.807, 2.05) is 12.1 Å². The number of aliphatic imine (C=N–C) groups is 1. The number of nitriles is 4. The Balaban J connectivity index is 1.26. The highest BCUT2D eigenvalue weighted by Gasteiger charge is 2.73.